The number of aromatic nitrogens is 1. The largest absolute Gasteiger partial charge is 0.390 e. The lowest BCUT2D eigenvalue weighted by Gasteiger charge is -2.52. The maximum Gasteiger partial charge on any atom is 0.248 e. The molecule has 0 aromatic carbocycles. The highest BCUT2D eigenvalue weighted by atomic mass is 16.3. The number of hydrogen-bond donors (Lipinski definition) is 3. The summed E-state index contributed by atoms with van der Waals surface area (Å²) in [6.07, 6.45) is 8.99. The maximum atomic E-state index is 13.7. The number of hydrogen-bond acceptors (Lipinski definition) is 6. The Morgan fingerprint density at radius 1 is 1.22 bits per heavy atom. The van der Waals surface area contributed by atoms with E-state index in [1.807, 2.05) is 11.0 Å². The SMILES string of the molecule is CCCCN1C(=O)[C@@H]([C@H](O)C2CCCCC2)NC(=O)C12CCN(Cc1ccc(NC(C)=O)nc1)CC2. The summed E-state index contributed by atoms with van der Waals surface area (Å²) in [7, 11) is 0. The van der Waals surface area contributed by atoms with E-state index in [9.17, 15) is 19.5 Å². The zero-order valence-corrected chi connectivity index (χ0v) is 21.7. The fourth-order valence-corrected chi connectivity index (χ4v) is 6.07. The normalized spacial score (nSPS) is 24.0. The van der Waals surface area contributed by atoms with Crippen LogP contribution < -0.4 is 10.6 Å². The second-order valence-corrected chi connectivity index (χ2v) is 10.7. The van der Waals surface area contributed by atoms with Crippen LogP contribution in [0.4, 0.5) is 5.82 Å². The number of unbranched alkanes of at least 4 members (excludes halogenated alkanes) is 1. The van der Waals surface area contributed by atoms with Gasteiger partial charge in [0, 0.05) is 39.3 Å². The number of piperidine rings is 1. The molecule has 0 radical (unpaired) electrons. The summed E-state index contributed by atoms with van der Waals surface area (Å²) in [6.45, 7) is 6.15. The maximum absolute atomic E-state index is 13.7. The highest BCUT2D eigenvalue weighted by Gasteiger charge is 2.55. The third-order valence-corrected chi connectivity index (χ3v) is 8.19. The number of nitrogens with one attached hydrogen (secondary N) is 2. The van der Waals surface area contributed by atoms with Crippen LogP contribution in [-0.4, -0.2) is 74.9 Å². The van der Waals surface area contributed by atoms with E-state index >= 15 is 0 Å². The Bertz CT molecular complexity index is 923. The van der Waals surface area contributed by atoms with E-state index in [2.05, 4.69) is 27.4 Å². The van der Waals surface area contributed by atoms with Gasteiger partial charge < -0.3 is 20.6 Å². The summed E-state index contributed by atoms with van der Waals surface area (Å²) in [5.74, 6) is 0.213. The zero-order valence-electron chi connectivity index (χ0n) is 21.7. The molecule has 4 rings (SSSR count). The number of aliphatic hydroxyl groups is 1. The van der Waals surface area contributed by atoms with Crippen LogP contribution in [0.5, 0.6) is 0 Å². The second-order valence-electron chi connectivity index (χ2n) is 10.7. The Balaban J connectivity index is 1.43. The molecule has 2 atom stereocenters. The van der Waals surface area contributed by atoms with Gasteiger partial charge in [0.25, 0.3) is 0 Å². The van der Waals surface area contributed by atoms with E-state index in [4.69, 9.17) is 0 Å². The lowest BCUT2D eigenvalue weighted by atomic mass is 9.78. The quantitative estimate of drug-likeness (QED) is 0.506. The number of aliphatic hydroxyl groups excluding tert-OH is 1. The Kier molecular flexibility index (Phi) is 8.62. The van der Waals surface area contributed by atoms with Crippen molar-refractivity contribution in [1.29, 1.82) is 0 Å². The van der Waals surface area contributed by atoms with E-state index in [0.717, 1.165) is 44.1 Å². The lowest BCUT2D eigenvalue weighted by molar-refractivity contribution is -0.166. The average Bonchev–Trinajstić information content (AvgIpc) is 2.88. The number of anilines is 1. The number of amides is 3. The summed E-state index contributed by atoms with van der Waals surface area (Å²) in [6, 6.07) is 2.90. The topological polar surface area (TPSA) is 115 Å². The molecule has 36 heavy (non-hydrogen) atoms. The molecule has 1 aromatic rings. The third-order valence-electron chi connectivity index (χ3n) is 8.19. The number of nitrogens with zero attached hydrogens (tertiary/aromatic N) is 3. The standard InChI is InChI=1S/C27H41N5O4/c1-3-4-14-32-25(35)23(24(34)21-8-6-5-7-9-21)30-26(36)27(32)12-15-31(16-13-27)18-20-10-11-22(28-17-20)29-19(2)33/h10-11,17,21,23-24,34H,3-9,12-16,18H2,1-2H3,(H,30,36)(H,28,29,33)/t23-,24-/m1/s1. The van der Waals surface area contributed by atoms with Crippen molar-refractivity contribution in [3.8, 4) is 0 Å². The van der Waals surface area contributed by atoms with Crippen molar-refractivity contribution in [3.05, 3.63) is 23.9 Å². The fraction of sp³-hybridized carbons (Fsp3) is 0.704. The molecule has 2 saturated heterocycles. The average molecular weight is 500 g/mol. The molecule has 1 aromatic heterocycles. The van der Waals surface area contributed by atoms with Crippen molar-refractivity contribution >= 4 is 23.5 Å². The summed E-state index contributed by atoms with van der Waals surface area (Å²) < 4.78 is 0. The van der Waals surface area contributed by atoms with Gasteiger partial charge in [-0.15, -0.1) is 0 Å². The molecule has 1 spiro atoms. The molecule has 2 aliphatic heterocycles. The van der Waals surface area contributed by atoms with Gasteiger partial charge in [-0.25, -0.2) is 4.98 Å². The molecular formula is C27H41N5O4. The van der Waals surface area contributed by atoms with Gasteiger partial charge in [0.1, 0.15) is 17.4 Å². The summed E-state index contributed by atoms with van der Waals surface area (Å²) in [5, 5.41) is 16.7. The van der Waals surface area contributed by atoms with Gasteiger partial charge >= 0.3 is 0 Å². The molecule has 9 nitrogen and oxygen atoms in total. The zero-order chi connectivity index (χ0) is 25.7. The molecule has 1 aliphatic carbocycles. The molecule has 3 amide bonds. The van der Waals surface area contributed by atoms with Crippen LogP contribution >= 0.6 is 0 Å². The third kappa shape index (κ3) is 5.72. The minimum Gasteiger partial charge on any atom is -0.390 e. The monoisotopic (exact) mass is 499 g/mol. The molecule has 3 fully saturated rings. The van der Waals surface area contributed by atoms with Crippen LogP contribution in [0.25, 0.3) is 0 Å². The van der Waals surface area contributed by atoms with Crippen molar-refractivity contribution in [2.45, 2.75) is 95.9 Å². The first kappa shape index (κ1) is 26.5. The van der Waals surface area contributed by atoms with Crippen molar-refractivity contribution in [3.63, 3.8) is 0 Å². The first-order chi connectivity index (χ1) is 17.3. The molecule has 0 unspecified atom stereocenters. The number of rotatable bonds is 8. The van der Waals surface area contributed by atoms with Crippen LogP contribution in [-0.2, 0) is 20.9 Å². The van der Waals surface area contributed by atoms with Gasteiger partial charge in [0.15, 0.2) is 0 Å². The van der Waals surface area contributed by atoms with Crippen molar-refractivity contribution in [2.24, 2.45) is 5.92 Å². The Morgan fingerprint density at radius 3 is 2.56 bits per heavy atom. The number of pyridine rings is 1. The summed E-state index contributed by atoms with van der Waals surface area (Å²) in [5.41, 5.74) is 0.182. The highest BCUT2D eigenvalue weighted by molar-refractivity contribution is 6.00. The smallest absolute Gasteiger partial charge is 0.248 e. The molecule has 3 aliphatic rings. The molecule has 9 heteroatoms. The van der Waals surface area contributed by atoms with Gasteiger partial charge in [-0.2, -0.15) is 0 Å². The van der Waals surface area contributed by atoms with E-state index in [1.54, 1.807) is 12.3 Å². The summed E-state index contributed by atoms with van der Waals surface area (Å²) in [4.78, 5) is 46.9. The van der Waals surface area contributed by atoms with E-state index < -0.39 is 17.7 Å². The number of piperazine rings is 1. The van der Waals surface area contributed by atoms with Gasteiger partial charge in [-0.05, 0) is 49.7 Å². The van der Waals surface area contributed by atoms with Crippen LogP contribution in [0.3, 0.4) is 0 Å². The molecule has 198 valence electrons. The van der Waals surface area contributed by atoms with Gasteiger partial charge in [0.05, 0.1) is 6.10 Å². The van der Waals surface area contributed by atoms with Gasteiger partial charge in [-0.1, -0.05) is 38.7 Å². The van der Waals surface area contributed by atoms with E-state index in [1.165, 1.54) is 13.3 Å². The molecule has 3 heterocycles. The minimum absolute atomic E-state index is 0.0718. The first-order valence-electron chi connectivity index (χ1n) is 13.6. The van der Waals surface area contributed by atoms with Gasteiger partial charge in [0.2, 0.25) is 17.7 Å². The van der Waals surface area contributed by atoms with Crippen molar-refractivity contribution < 1.29 is 19.5 Å². The van der Waals surface area contributed by atoms with Crippen LogP contribution in [0.1, 0.15) is 77.2 Å². The highest BCUT2D eigenvalue weighted by Crippen LogP contribution is 2.36. The summed E-state index contributed by atoms with van der Waals surface area (Å²) >= 11 is 0. The molecule has 0 bridgehead atoms. The number of carbonyl (C=O) groups excluding carboxylic acids is 3. The number of carbonyl (C=O) groups is 3. The molecule has 3 N–H and O–H groups in total. The Hall–Kier alpha value is -2.52. The number of likely N-dealkylation sites (tertiary alicyclic amines) is 1. The van der Waals surface area contributed by atoms with Crippen LogP contribution in [0.15, 0.2) is 18.3 Å². The minimum atomic E-state index is -0.848. The Morgan fingerprint density at radius 2 is 1.94 bits per heavy atom. The van der Waals surface area contributed by atoms with E-state index in [0.29, 0.717) is 44.8 Å². The molecule has 1 saturated carbocycles. The predicted molar refractivity (Wildman–Crippen MR) is 137 cm³/mol. The van der Waals surface area contributed by atoms with Crippen LogP contribution in [0.2, 0.25) is 0 Å². The first-order valence-corrected chi connectivity index (χ1v) is 13.6. The van der Waals surface area contributed by atoms with Crippen molar-refractivity contribution in [2.75, 3.05) is 25.0 Å². The second kappa shape index (κ2) is 11.7. The van der Waals surface area contributed by atoms with Crippen LogP contribution in [0, 0.1) is 5.92 Å². The lowest BCUT2D eigenvalue weighted by Crippen LogP contribution is -2.75. The van der Waals surface area contributed by atoms with Gasteiger partial charge in [-0.3, -0.25) is 19.3 Å². The van der Waals surface area contributed by atoms with Crippen molar-refractivity contribution in [1.82, 2.24) is 20.1 Å². The Labute approximate surface area is 214 Å². The predicted octanol–water partition coefficient (Wildman–Crippen LogP) is 2.44. The molecular weight excluding hydrogens is 458 g/mol. The fourth-order valence-electron chi connectivity index (χ4n) is 6.07. The van der Waals surface area contributed by atoms with E-state index in [-0.39, 0.29) is 23.6 Å².